The van der Waals surface area contributed by atoms with Crippen molar-refractivity contribution in [1.29, 1.82) is 0 Å². The number of hydrogen-bond donors (Lipinski definition) is 1. The number of nitrogens with zero attached hydrogens (tertiary/aromatic N) is 2. The molecule has 17 heavy (non-hydrogen) atoms. The van der Waals surface area contributed by atoms with Crippen LogP contribution >= 0.6 is 0 Å². The quantitative estimate of drug-likeness (QED) is 0.873. The smallest absolute Gasteiger partial charge is 0.128 e. The van der Waals surface area contributed by atoms with Gasteiger partial charge in [-0.05, 0) is 44.0 Å². The maximum absolute atomic E-state index is 4.34. The fraction of sp³-hybridized carbons (Fsp3) is 0.357. The minimum absolute atomic E-state index is 0.767. The van der Waals surface area contributed by atoms with Crippen LogP contribution in [-0.4, -0.2) is 9.55 Å². The summed E-state index contributed by atoms with van der Waals surface area (Å²) >= 11 is 0. The van der Waals surface area contributed by atoms with E-state index < -0.39 is 0 Å². The van der Waals surface area contributed by atoms with Gasteiger partial charge in [0.1, 0.15) is 5.82 Å². The Bertz CT molecular complexity index is 500. The predicted molar refractivity (Wildman–Crippen MR) is 71.1 cm³/mol. The van der Waals surface area contributed by atoms with Crippen molar-refractivity contribution in [3.05, 3.63) is 47.5 Å². The molecule has 0 radical (unpaired) electrons. The molecular weight excluding hydrogens is 210 g/mol. The highest BCUT2D eigenvalue weighted by Crippen LogP contribution is 2.14. The summed E-state index contributed by atoms with van der Waals surface area (Å²) < 4.78 is 2.15. The Morgan fingerprint density at radius 3 is 2.76 bits per heavy atom. The van der Waals surface area contributed by atoms with Crippen LogP contribution < -0.4 is 5.32 Å². The number of aromatic nitrogens is 2. The van der Waals surface area contributed by atoms with E-state index in [9.17, 15) is 0 Å². The summed E-state index contributed by atoms with van der Waals surface area (Å²) in [6.07, 6.45) is 3.86. The van der Waals surface area contributed by atoms with Crippen molar-refractivity contribution in [2.24, 2.45) is 0 Å². The molecule has 0 saturated carbocycles. The second-order valence-corrected chi connectivity index (χ2v) is 4.28. The van der Waals surface area contributed by atoms with Gasteiger partial charge in [0.2, 0.25) is 0 Å². The molecule has 0 atom stereocenters. The van der Waals surface area contributed by atoms with Gasteiger partial charge in [0.15, 0.2) is 0 Å². The molecule has 90 valence electrons. The number of hydrogen-bond acceptors (Lipinski definition) is 2. The van der Waals surface area contributed by atoms with E-state index >= 15 is 0 Å². The topological polar surface area (TPSA) is 29.9 Å². The highest BCUT2D eigenvalue weighted by atomic mass is 15.1. The molecule has 3 heteroatoms. The third kappa shape index (κ3) is 2.67. The average molecular weight is 229 g/mol. The minimum atomic E-state index is 0.767. The molecule has 0 saturated heterocycles. The Balaban J connectivity index is 2.05. The van der Waals surface area contributed by atoms with Crippen molar-refractivity contribution in [3.8, 4) is 0 Å². The first-order chi connectivity index (χ1) is 8.20. The lowest BCUT2D eigenvalue weighted by Crippen LogP contribution is -2.07. The van der Waals surface area contributed by atoms with Crippen LogP contribution in [0, 0.1) is 13.8 Å². The lowest BCUT2D eigenvalue weighted by atomic mass is 10.1. The van der Waals surface area contributed by atoms with Crippen molar-refractivity contribution in [2.45, 2.75) is 33.9 Å². The Morgan fingerprint density at radius 2 is 2.06 bits per heavy atom. The molecule has 0 amide bonds. The average Bonchev–Trinajstić information content (AvgIpc) is 2.78. The van der Waals surface area contributed by atoms with Gasteiger partial charge in [0.05, 0.1) is 6.54 Å². The molecule has 2 rings (SSSR count). The van der Waals surface area contributed by atoms with E-state index in [0.29, 0.717) is 0 Å². The van der Waals surface area contributed by atoms with Gasteiger partial charge in [-0.3, -0.25) is 0 Å². The maximum atomic E-state index is 4.34. The van der Waals surface area contributed by atoms with E-state index in [2.05, 4.69) is 53.8 Å². The molecule has 0 aliphatic rings. The SMILES string of the molecule is CCn1ccnc1CNc1ccc(C)c(C)c1. The number of benzene rings is 1. The summed E-state index contributed by atoms with van der Waals surface area (Å²) in [6.45, 7) is 8.12. The Kier molecular flexibility index (Phi) is 3.47. The summed E-state index contributed by atoms with van der Waals surface area (Å²) in [6, 6.07) is 6.43. The summed E-state index contributed by atoms with van der Waals surface area (Å²) in [7, 11) is 0. The number of imidazole rings is 1. The molecule has 0 fully saturated rings. The molecule has 0 spiro atoms. The van der Waals surface area contributed by atoms with Gasteiger partial charge in [-0.15, -0.1) is 0 Å². The van der Waals surface area contributed by atoms with Crippen LogP contribution in [0.25, 0.3) is 0 Å². The normalized spacial score (nSPS) is 10.5. The fourth-order valence-electron chi connectivity index (χ4n) is 1.83. The lowest BCUT2D eigenvalue weighted by molar-refractivity contribution is 0.708. The zero-order chi connectivity index (χ0) is 12.3. The van der Waals surface area contributed by atoms with Crippen molar-refractivity contribution in [1.82, 2.24) is 9.55 Å². The number of nitrogens with one attached hydrogen (secondary N) is 1. The van der Waals surface area contributed by atoms with Crippen LogP contribution in [0.4, 0.5) is 5.69 Å². The Morgan fingerprint density at radius 1 is 1.24 bits per heavy atom. The Hall–Kier alpha value is -1.77. The van der Waals surface area contributed by atoms with Gasteiger partial charge in [0, 0.05) is 24.6 Å². The van der Waals surface area contributed by atoms with Crippen molar-refractivity contribution in [2.75, 3.05) is 5.32 Å². The van der Waals surface area contributed by atoms with Crippen LogP contribution in [0.5, 0.6) is 0 Å². The van der Waals surface area contributed by atoms with Gasteiger partial charge in [-0.2, -0.15) is 0 Å². The van der Waals surface area contributed by atoms with Crippen molar-refractivity contribution >= 4 is 5.69 Å². The van der Waals surface area contributed by atoms with Crippen molar-refractivity contribution in [3.63, 3.8) is 0 Å². The number of rotatable bonds is 4. The third-order valence-corrected chi connectivity index (χ3v) is 3.10. The maximum Gasteiger partial charge on any atom is 0.128 e. The van der Waals surface area contributed by atoms with E-state index in [1.807, 2.05) is 12.4 Å². The van der Waals surface area contributed by atoms with Gasteiger partial charge >= 0.3 is 0 Å². The fourth-order valence-corrected chi connectivity index (χ4v) is 1.83. The van der Waals surface area contributed by atoms with E-state index in [0.717, 1.165) is 24.6 Å². The highest BCUT2D eigenvalue weighted by Gasteiger charge is 2.01. The largest absolute Gasteiger partial charge is 0.378 e. The lowest BCUT2D eigenvalue weighted by Gasteiger charge is -2.09. The predicted octanol–water partition coefficient (Wildman–Crippen LogP) is 3.13. The van der Waals surface area contributed by atoms with Crippen LogP contribution in [0.3, 0.4) is 0 Å². The standard InChI is InChI=1S/C14H19N3/c1-4-17-8-7-15-14(17)10-16-13-6-5-11(2)12(3)9-13/h5-9,16H,4,10H2,1-3H3. The van der Waals surface area contributed by atoms with E-state index in [1.165, 1.54) is 11.1 Å². The highest BCUT2D eigenvalue weighted by molar-refractivity contribution is 5.48. The third-order valence-electron chi connectivity index (χ3n) is 3.10. The van der Waals surface area contributed by atoms with Gasteiger partial charge in [-0.1, -0.05) is 6.07 Å². The molecule has 1 aromatic carbocycles. The summed E-state index contributed by atoms with van der Waals surface area (Å²) in [5, 5.41) is 3.41. The van der Waals surface area contributed by atoms with Crippen molar-refractivity contribution < 1.29 is 0 Å². The van der Waals surface area contributed by atoms with Gasteiger partial charge in [0.25, 0.3) is 0 Å². The molecule has 0 aliphatic carbocycles. The monoisotopic (exact) mass is 229 g/mol. The molecule has 0 bridgehead atoms. The second-order valence-electron chi connectivity index (χ2n) is 4.28. The van der Waals surface area contributed by atoms with Crippen LogP contribution in [0.15, 0.2) is 30.6 Å². The number of aryl methyl sites for hydroxylation is 3. The van der Waals surface area contributed by atoms with Gasteiger partial charge < -0.3 is 9.88 Å². The molecule has 1 N–H and O–H groups in total. The molecule has 2 aromatic rings. The molecule has 1 heterocycles. The van der Waals surface area contributed by atoms with Gasteiger partial charge in [-0.25, -0.2) is 4.98 Å². The summed E-state index contributed by atoms with van der Waals surface area (Å²) in [4.78, 5) is 4.34. The first-order valence-corrected chi connectivity index (χ1v) is 6.02. The first kappa shape index (κ1) is 11.7. The van der Waals surface area contributed by atoms with Crippen LogP contribution in [-0.2, 0) is 13.1 Å². The minimum Gasteiger partial charge on any atom is -0.378 e. The molecular formula is C14H19N3. The Labute approximate surface area is 103 Å². The summed E-state index contributed by atoms with van der Waals surface area (Å²) in [5.41, 5.74) is 3.79. The zero-order valence-electron chi connectivity index (χ0n) is 10.7. The molecule has 0 unspecified atom stereocenters. The van der Waals surface area contributed by atoms with E-state index in [-0.39, 0.29) is 0 Å². The van der Waals surface area contributed by atoms with E-state index in [1.54, 1.807) is 0 Å². The first-order valence-electron chi connectivity index (χ1n) is 6.02. The molecule has 0 aliphatic heterocycles. The van der Waals surface area contributed by atoms with Crippen LogP contribution in [0.1, 0.15) is 23.9 Å². The number of anilines is 1. The second kappa shape index (κ2) is 5.04. The summed E-state index contributed by atoms with van der Waals surface area (Å²) in [5.74, 6) is 1.07. The van der Waals surface area contributed by atoms with E-state index in [4.69, 9.17) is 0 Å². The zero-order valence-corrected chi connectivity index (χ0v) is 10.7. The molecule has 1 aromatic heterocycles. The molecule has 3 nitrogen and oxygen atoms in total. The van der Waals surface area contributed by atoms with Crippen LogP contribution in [0.2, 0.25) is 0 Å².